The molecule has 0 aliphatic heterocycles. The number of rotatable bonds is 6. The minimum Gasteiger partial charge on any atom is -0.506 e. The molecule has 1 nitrogen and oxygen atoms in total. The van der Waals surface area contributed by atoms with Gasteiger partial charge >= 0.3 is 0 Å². The number of aromatic hydroxyl groups is 1. The molecule has 0 fully saturated rings. The van der Waals surface area contributed by atoms with E-state index in [1.165, 1.54) is 16.0 Å². The molecular weight excluding hydrogens is 280 g/mol. The molecular formula is C14H22OS3. The van der Waals surface area contributed by atoms with E-state index in [0.717, 1.165) is 27.0 Å². The molecule has 1 rings (SSSR count). The summed E-state index contributed by atoms with van der Waals surface area (Å²) in [5.41, 5.74) is 2.48. The maximum atomic E-state index is 10.5. The highest BCUT2D eigenvalue weighted by atomic mass is 32.2. The topological polar surface area (TPSA) is 20.2 Å². The highest BCUT2D eigenvalue weighted by Crippen LogP contribution is 2.46. The van der Waals surface area contributed by atoms with Gasteiger partial charge in [-0.3, -0.25) is 0 Å². The summed E-state index contributed by atoms with van der Waals surface area (Å²) in [6.45, 7) is 10.7. The van der Waals surface area contributed by atoms with Gasteiger partial charge in [0.1, 0.15) is 5.75 Å². The van der Waals surface area contributed by atoms with Crippen LogP contribution in [0.3, 0.4) is 0 Å². The van der Waals surface area contributed by atoms with Crippen LogP contribution in [0.25, 0.3) is 0 Å². The average molecular weight is 303 g/mol. The third-order valence-corrected chi connectivity index (χ3v) is 6.00. The van der Waals surface area contributed by atoms with Crippen LogP contribution in [0.15, 0.2) is 14.7 Å². The van der Waals surface area contributed by atoms with Gasteiger partial charge in [-0.2, -0.15) is 0 Å². The fourth-order valence-corrected chi connectivity index (χ4v) is 4.76. The first-order valence-corrected chi connectivity index (χ1v) is 9.28. The van der Waals surface area contributed by atoms with Crippen molar-refractivity contribution in [1.82, 2.24) is 0 Å². The van der Waals surface area contributed by atoms with Crippen molar-refractivity contribution in [1.29, 1.82) is 0 Å². The summed E-state index contributed by atoms with van der Waals surface area (Å²) in [6.07, 6.45) is 0. The predicted molar refractivity (Wildman–Crippen MR) is 86.8 cm³/mol. The molecule has 4 heteroatoms. The minimum absolute atomic E-state index is 0.490. The molecule has 0 spiro atoms. The SMILES string of the molecule is CCSc1c(C)c(SCC)c(O)c(SCC)c1C. The van der Waals surface area contributed by atoms with Gasteiger partial charge < -0.3 is 5.11 Å². The zero-order valence-electron chi connectivity index (χ0n) is 11.8. The zero-order valence-corrected chi connectivity index (χ0v) is 14.2. The first-order valence-electron chi connectivity index (χ1n) is 6.32. The van der Waals surface area contributed by atoms with Crippen LogP contribution in [-0.4, -0.2) is 22.4 Å². The van der Waals surface area contributed by atoms with Crippen molar-refractivity contribution in [3.8, 4) is 5.75 Å². The molecule has 0 aromatic heterocycles. The van der Waals surface area contributed by atoms with E-state index in [1.54, 1.807) is 23.5 Å². The van der Waals surface area contributed by atoms with Crippen LogP contribution < -0.4 is 0 Å². The summed E-state index contributed by atoms with van der Waals surface area (Å²) < 4.78 is 0. The van der Waals surface area contributed by atoms with Crippen molar-refractivity contribution in [3.63, 3.8) is 0 Å². The van der Waals surface area contributed by atoms with Gasteiger partial charge in [0.2, 0.25) is 0 Å². The van der Waals surface area contributed by atoms with E-state index in [1.807, 2.05) is 11.8 Å². The Morgan fingerprint density at radius 3 is 1.39 bits per heavy atom. The van der Waals surface area contributed by atoms with Gasteiger partial charge in [0, 0.05) is 4.90 Å². The molecule has 0 amide bonds. The first kappa shape index (κ1) is 16.1. The van der Waals surface area contributed by atoms with Crippen LogP contribution in [0.4, 0.5) is 0 Å². The molecule has 0 saturated heterocycles. The number of phenols is 1. The number of hydrogen-bond donors (Lipinski definition) is 1. The molecule has 0 bridgehead atoms. The highest BCUT2D eigenvalue weighted by molar-refractivity contribution is 8.01. The van der Waals surface area contributed by atoms with Gasteiger partial charge in [0.05, 0.1) is 9.79 Å². The molecule has 0 atom stereocenters. The van der Waals surface area contributed by atoms with Crippen molar-refractivity contribution in [2.45, 2.75) is 49.3 Å². The highest BCUT2D eigenvalue weighted by Gasteiger charge is 2.19. The van der Waals surface area contributed by atoms with E-state index in [2.05, 4.69) is 34.6 Å². The molecule has 0 unspecified atom stereocenters. The lowest BCUT2D eigenvalue weighted by molar-refractivity contribution is 0.445. The van der Waals surface area contributed by atoms with E-state index in [9.17, 15) is 5.11 Å². The van der Waals surface area contributed by atoms with Crippen LogP contribution in [0.2, 0.25) is 0 Å². The van der Waals surface area contributed by atoms with Gasteiger partial charge in [-0.25, -0.2) is 0 Å². The third kappa shape index (κ3) is 3.34. The summed E-state index contributed by atoms with van der Waals surface area (Å²) in [6, 6.07) is 0. The number of benzene rings is 1. The second-order valence-corrected chi connectivity index (χ2v) is 7.71. The predicted octanol–water partition coefficient (Wildman–Crippen LogP) is 5.35. The fourth-order valence-electron chi connectivity index (χ4n) is 1.95. The molecule has 18 heavy (non-hydrogen) atoms. The van der Waals surface area contributed by atoms with Crippen molar-refractivity contribution >= 4 is 35.3 Å². The van der Waals surface area contributed by atoms with Gasteiger partial charge in [-0.05, 0) is 42.2 Å². The molecule has 0 radical (unpaired) electrons. The minimum atomic E-state index is 0.490. The fraction of sp³-hybridized carbons (Fsp3) is 0.571. The van der Waals surface area contributed by atoms with Gasteiger partial charge in [0.25, 0.3) is 0 Å². The van der Waals surface area contributed by atoms with E-state index in [4.69, 9.17) is 0 Å². The van der Waals surface area contributed by atoms with Gasteiger partial charge in [-0.15, -0.1) is 35.3 Å². The molecule has 0 heterocycles. The lowest BCUT2D eigenvalue weighted by atomic mass is 10.1. The molecule has 0 saturated carbocycles. The summed E-state index contributed by atoms with van der Waals surface area (Å²) in [7, 11) is 0. The largest absolute Gasteiger partial charge is 0.506 e. The monoisotopic (exact) mass is 302 g/mol. The van der Waals surface area contributed by atoms with Crippen LogP contribution in [0.5, 0.6) is 5.75 Å². The lowest BCUT2D eigenvalue weighted by Crippen LogP contribution is -1.95. The van der Waals surface area contributed by atoms with E-state index in [0.29, 0.717) is 5.75 Å². The van der Waals surface area contributed by atoms with Crippen molar-refractivity contribution in [2.75, 3.05) is 17.3 Å². The number of phenolic OH excluding ortho intramolecular Hbond substituents is 1. The van der Waals surface area contributed by atoms with Crippen molar-refractivity contribution in [2.24, 2.45) is 0 Å². The molecule has 1 aromatic rings. The maximum Gasteiger partial charge on any atom is 0.143 e. The molecule has 102 valence electrons. The van der Waals surface area contributed by atoms with Gasteiger partial charge in [0.15, 0.2) is 0 Å². The van der Waals surface area contributed by atoms with Crippen LogP contribution >= 0.6 is 35.3 Å². The summed E-state index contributed by atoms with van der Waals surface area (Å²) >= 11 is 5.36. The Morgan fingerprint density at radius 2 is 1.06 bits per heavy atom. The second kappa shape index (κ2) is 7.61. The van der Waals surface area contributed by atoms with Crippen LogP contribution in [0.1, 0.15) is 31.9 Å². The lowest BCUT2D eigenvalue weighted by Gasteiger charge is -2.19. The normalized spacial score (nSPS) is 10.9. The average Bonchev–Trinajstić information content (AvgIpc) is 2.35. The Morgan fingerprint density at radius 1 is 0.722 bits per heavy atom. The zero-order chi connectivity index (χ0) is 13.7. The summed E-state index contributed by atoms with van der Waals surface area (Å²) in [5.74, 6) is 3.54. The Bertz CT molecular complexity index is 333. The van der Waals surface area contributed by atoms with Crippen LogP contribution in [0, 0.1) is 13.8 Å². The molecule has 0 aliphatic carbocycles. The Balaban J connectivity index is 3.42. The molecule has 0 aliphatic rings. The summed E-state index contributed by atoms with van der Waals surface area (Å²) in [4.78, 5) is 3.48. The Kier molecular flexibility index (Phi) is 6.82. The maximum absolute atomic E-state index is 10.5. The van der Waals surface area contributed by atoms with E-state index < -0.39 is 0 Å². The number of thioether (sulfide) groups is 3. The van der Waals surface area contributed by atoms with E-state index >= 15 is 0 Å². The molecule has 1 aromatic carbocycles. The number of hydrogen-bond acceptors (Lipinski definition) is 4. The summed E-state index contributed by atoms with van der Waals surface area (Å²) in [5, 5.41) is 10.5. The molecule has 1 N–H and O–H groups in total. The smallest absolute Gasteiger partial charge is 0.143 e. The van der Waals surface area contributed by atoms with Crippen LogP contribution in [-0.2, 0) is 0 Å². The standard InChI is InChI=1S/C14H22OS3/c1-6-16-12-9(4)13(17-7-2)11(15)14(10(12)5)18-8-3/h15H,6-8H2,1-5H3. The van der Waals surface area contributed by atoms with Crippen molar-refractivity contribution in [3.05, 3.63) is 11.1 Å². The first-order chi connectivity index (χ1) is 8.58. The Labute approximate surface area is 124 Å². The Hall–Kier alpha value is 0.0700. The van der Waals surface area contributed by atoms with Gasteiger partial charge in [-0.1, -0.05) is 20.8 Å². The third-order valence-electron chi connectivity index (χ3n) is 2.66. The second-order valence-electron chi connectivity index (χ2n) is 3.89. The van der Waals surface area contributed by atoms with Crippen molar-refractivity contribution < 1.29 is 5.11 Å². The van der Waals surface area contributed by atoms with E-state index in [-0.39, 0.29) is 0 Å². The quantitative estimate of drug-likeness (QED) is 0.715.